The van der Waals surface area contributed by atoms with E-state index in [1.165, 1.54) is 18.5 Å². The molecule has 0 bridgehead atoms. The van der Waals surface area contributed by atoms with E-state index >= 15 is 0 Å². The third-order valence-corrected chi connectivity index (χ3v) is 4.96. The summed E-state index contributed by atoms with van der Waals surface area (Å²) in [4.78, 5) is 53.5. The summed E-state index contributed by atoms with van der Waals surface area (Å²) >= 11 is 11.9. The van der Waals surface area contributed by atoms with Crippen molar-refractivity contribution in [3.8, 4) is 0 Å². The Bertz CT molecular complexity index is 1020. The molecular weight excluding hydrogens is 498 g/mol. The van der Waals surface area contributed by atoms with Gasteiger partial charge in [0, 0.05) is 17.1 Å². The predicted molar refractivity (Wildman–Crippen MR) is 110 cm³/mol. The first kappa shape index (κ1) is 25.6. The minimum Gasteiger partial charge on any atom is -0.463 e. The highest BCUT2D eigenvalue weighted by atomic mass is 35.5. The van der Waals surface area contributed by atoms with Crippen molar-refractivity contribution in [3.63, 3.8) is 0 Å². The maximum atomic E-state index is 13.3. The number of nitrogens with zero attached hydrogens (tertiary/aromatic N) is 1. The van der Waals surface area contributed by atoms with Gasteiger partial charge in [0.15, 0.2) is 9.97 Å². The van der Waals surface area contributed by atoms with E-state index in [0.717, 1.165) is 23.5 Å². The number of esters is 1. The molecule has 1 heterocycles. The Labute approximate surface area is 193 Å². The van der Waals surface area contributed by atoms with Crippen molar-refractivity contribution < 1.29 is 37.1 Å². The maximum Gasteiger partial charge on any atom is 0.416 e. The van der Waals surface area contributed by atoms with E-state index in [9.17, 15) is 32.3 Å². The lowest BCUT2D eigenvalue weighted by Crippen LogP contribution is -2.68. The Morgan fingerprint density at radius 1 is 1.22 bits per heavy atom. The van der Waals surface area contributed by atoms with Gasteiger partial charge in [-0.05, 0) is 19.1 Å². The number of hydrogen-bond acceptors (Lipinski definition) is 7. The fourth-order valence-electron chi connectivity index (χ4n) is 2.46. The number of anilines is 1. The lowest BCUT2D eigenvalue weighted by atomic mass is 9.87. The van der Waals surface area contributed by atoms with Gasteiger partial charge in [-0.15, -0.1) is 11.3 Å². The van der Waals surface area contributed by atoms with Crippen LogP contribution in [0, 0.1) is 0 Å². The van der Waals surface area contributed by atoms with Crippen LogP contribution in [0.2, 0.25) is 0 Å². The molecule has 2 amide bonds. The van der Waals surface area contributed by atoms with E-state index in [4.69, 9.17) is 27.9 Å². The van der Waals surface area contributed by atoms with Crippen LogP contribution in [0.25, 0.3) is 0 Å². The number of rotatable bonds is 8. The average molecular weight is 512 g/mol. The first-order valence-corrected chi connectivity index (χ1v) is 10.4. The molecule has 0 aliphatic carbocycles. The van der Waals surface area contributed by atoms with Crippen LogP contribution in [0.4, 0.5) is 18.3 Å². The third-order valence-electron chi connectivity index (χ3n) is 3.88. The summed E-state index contributed by atoms with van der Waals surface area (Å²) in [6, 6.07) is 2.95. The molecule has 1 unspecified atom stereocenters. The molecule has 1 aromatic heterocycles. The molecule has 0 fully saturated rings. The summed E-state index contributed by atoms with van der Waals surface area (Å²) in [5.41, 5.74) is -5.08. The Hall–Kier alpha value is -2.70. The van der Waals surface area contributed by atoms with Crippen molar-refractivity contribution in [2.75, 3.05) is 11.9 Å². The number of benzene rings is 1. The van der Waals surface area contributed by atoms with Crippen LogP contribution in [0.1, 0.15) is 22.8 Å². The molecule has 32 heavy (non-hydrogen) atoms. The van der Waals surface area contributed by atoms with Crippen LogP contribution in [0.5, 0.6) is 0 Å². The van der Waals surface area contributed by atoms with Gasteiger partial charge in [0.2, 0.25) is 5.78 Å². The van der Waals surface area contributed by atoms with Crippen LogP contribution >= 0.6 is 34.5 Å². The van der Waals surface area contributed by atoms with Gasteiger partial charge in [0.1, 0.15) is 0 Å². The number of alkyl halides is 5. The maximum absolute atomic E-state index is 13.3. The second-order valence-corrected chi connectivity index (χ2v) is 7.95. The monoisotopic (exact) mass is 511 g/mol. The molecule has 2 N–H and O–H groups in total. The molecule has 14 heteroatoms. The number of ketones is 1. The number of aromatic nitrogens is 1. The quantitative estimate of drug-likeness (QED) is 0.243. The SMILES string of the molecule is CCOC(=O)C(NC(=O)C(Cl)Cl)(C(=O)Nc1nccs1)C(=O)c1cccc(C(F)(F)F)c1. The standard InChI is InChI=1S/C18H14Cl2F3N3O5S/c1-2-31-15(30)17(26-13(28)12(19)20,14(29)25-16-24-6-7-32-16)11(27)9-4-3-5-10(8-9)18(21,22)23/h3-8,12H,2H2,1H3,(H,26,28)(H,24,25,29). The van der Waals surface area contributed by atoms with Crippen molar-refractivity contribution in [1.82, 2.24) is 10.3 Å². The second-order valence-electron chi connectivity index (χ2n) is 5.96. The number of hydrogen-bond donors (Lipinski definition) is 2. The largest absolute Gasteiger partial charge is 0.463 e. The van der Waals surface area contributed by atoms with E-state index in [0.29, 0.717) is 12.1 Å². The zero-order valence-electron chi connectivity index (χ0n) is 16.0. The topological polar surface area (TPSA) is 114 Å². The Morgan fingerprint density at radius 2 is 1.91 bits per heavy atom. The smallest absolute Gasteiger partial charge is 0.416 e. The number of carbonyl (C=O) groups excluding carboxylic acids is 4. The number of amides is 2. The second kappa shape index (κ2) is 10.3. The van der Waals surface area contributed by atoms with E-state index in [2.05, 4.69) is 10.3 Å². The molecule has 2 aromatic rings. The number of Topliss-reactive ketones (excluding diaryl/α,β-unsaturated/α-hetero) is 1. The molecule has 0 aliphatic heterocycles. The minimum atomic E-state index is -4.83. The van der Waals surface area contributed by atoms with Crippen LogP contribution in [0.3, 0.4) is 0 Å². The number of carbonyl (C=O) groups is 4. The lowest BCUT2D eigenvalue weighted by Gasteiger charge is -2.29. The lowest BCUT2D eigenvalue weighted by molar-refractivity contribution is -0.154. The van der Waals surface area contributed by atoms with E-state index in [-0.39, 0.29) is 11.7 Å². The highest BCUT2D eigenvalue weighted by molar-refractivity contribution is 7.13. The van der Waals surface area contributed by atoms with Crippen molar-refractivity contribution in [2.45, 2.75) is 23.5 Å². The van der Waals surface area contributed by atoms with Gasteiger partial charge in [-0.2, -0.15) is 13.2 Å². The van der Waals surface area contributed by atoms with Crippen LogP contribution in [-0.4, -0.2) is 45.5 Å². The zero-order chi connectivity index (χ0) is 24.1. The first-order chi connectivity index (χ1) is 14.9. The summed E-state index contributed by atoms with van der Waals surface area (Å²) in [6.07, 6.45) is -3.53. The van der Waals surface area contributed by atoms with Gasteiger partial charge in [-0.1, -0.05) is 35.3 Å². The van der Waals surface area contributed by atoms with Gasteiger partial charge >= 0.3 is 12.1 Å². The normalized spacial score (nSPS) is 13.2. The predicted octanol–water partition coefficient (Wildman–Crippen LogP) is 3.21. The fourth-order valence-corrected chi connectivity index (χ4v) is 3.09. The third kappa shape index (κ3) is 5.56. The molecule has 1 atom stereocenters. The number of halogens is 5. The first-order valence-electron chi connectivity index (χ1n) is 8.63. The zero-order valence-corrected chi connectivity index (χ0v) is 18.4. The van der Waals surface area contributed by atoms with E-state index < -0.39 is 51.2 Å². The summed E-state index contributed by atoms with van der Waals surface area (Å²) in [5, 5.41) is 5.40. The summed E-state index contributed by atoms with van der Waals surface area (Å²) in [6.45, 7) is 1.02. The Kier molecular flexibility index (Phi) is 8.21. The van der Waals surface area contributed by atoms with Gasteiger partial charge in [0.05, 0.1) is 12.2 Å². The fraction of sp³-hybridized carbons (Fsp3) is 0.278. The molecule has 2 rings (SSSR count). The molecule has 0 saturated heterocycles. The summed E-state index contributed by atoms with van der Waals surface area (Å²) in [5.74, 6) is -5.83. The van der Waals surface area contributed by atoms with Gasteiger partial charge in [-0.3, -0.25) is 19.7 Å². The molecule has 0 spiro atoms. The molecule has 1 aromatic carbocycles. The highest BCUT2D eigenvalue weighted by Crippen LogP contribution is 2.31. The Balaban J connectivity index is 2.68. The molecule has 8 nitrogen and oxygen atoms in total. The van der Waals surface area contributed by atoms with Crippen molar-refractivity contribution in [3.05, 3.63) is 47.0 Å². The van der Waals surface area contributed by atoms with Gasteiger partial charge < -0.3 is 10.1 Å². The summed E-state index contributed by atoms with van der Waals surface area (Å²) in [7, 11) is 0. The minimum absolute atomic E-state index is 0.0666. The molecule has 172 valence electrons. The van der Waals surface area contributed by atoms with Crippen LogP contribution < -0.4 is 10.6 Å². The number of thiazole rings is 1. The van der Waals surface area contributed by atoms with Crippen LogP contribution in [-0.2, 0) is 25.3 Å². The molecule has 0 aliphatic rings. The van der Waals surface area contributed by atoms with Gasteiger partial charge in [-0.25, -0.2) is 9.78 Å². The van der Waals surface area contributed by atoms with Gasteiger partial charge in [0.25, 0.3) is 17.4 Å². The highest BCUT2D eigenvalue weighted by Gasteiger charge is 2.56. The molecular formula is C18H14Cl2F3N3O5S. The van der Waals surface area contributed by atoms with E-state index in [1.54, 1.807) is 0 Å². The number of ether oxygens (including phenoxy) is 1. The van der Waals surface area contributed by atoms with E-state index in [1.807, 2.05) is 5.32 Å². The van der Waals surface area contributed by atoms with Crippen molar-refractivity contribution in [1.29, 1.82) is 0 Å². The number of nitrogens with one attached hydrogen (secondary N) is 2. The summed E-state index contributed by atoms with van der Waals surface area (Å²) < 4.78 is 44.2. The molecule has 0 radical (unpaired) electrons. The van der Waals surface area contributed by atoms with Crippen molar-refractivity contribution in [2.24, 2.45) is 0 Å². The molecule has 0 saturated carbocycles. The van der Waals surface area contributed by atoms with Crippen molar-refractivity contribution >= 4 is 63.2 Å². The average Bonchev–Trinajstić information content (AvgIpc) is 3.23. The Morgan fingerprint density at radius 3 is 2.44 bits per heavy atom. The van der Waals surface area contributed by atoms with Crippen LogP contribution in [0.15, 0.2) is 35.8 Å².